The molecule has 5 nitrogen and oxygen atoms in total. The summed E-state index contributed by atoms with van der Waals surface area (Å²) < 4.78 is 0. The molecule has 1 aliphatic heterocycles. The Kier molecular flexibility index (Phi) is 4.48. The topological polar surface area (TPSA) is 73.6 Å². The fraction of sp³-hybridized carbons (Fsp3) is 0.0800. The summed E-state index contributed by atoms with van der Waals surface area (Å²) in [5.41, 5.74) is 5.60. The molecule has 0 spiro atoms. The van der Waals surface area contributed by atoms with E-state index in [-0.39, 0.29) is 5.88 Å². The summed E-state index contributed by atoms with van der Waals surface area (Å²) in [5.74, 6) is 0.173. The smallest absolute Gasteiger partial charge is 0.196 e. The quantitative estimate of drug-likeness (QED) is 0.534. The molecular weight excluding hydrogens is 372 g/mol. The number of aromatic amines is 1. The van der Waals surface area contributed by atoms with Crippen LogP contribution in [0.1, 0.15) is 23.6 Å². The number of azo groups is 1. The third-order valence-electron chi connectivity index (χ3n) is 5.28. The number of rotatable bonds is 4. The number of benzene rings is 2. The van der Waals surface area contributed by atoms with Crippen molar-refractivity contribution in [2.24, 2.45) is 10.2 Å². The monoisotopic (exact) mass is 392 g/mol. The van der Waals surface area contributed by atoms with Crippen molar-refractivity contribution in [3.63, 3.8) is 0 Å². The molecule has 3 heterocycles. The lowest BCUT2D eigenvalue weighted by Gasteiger charge is -1.98. The first kappa shape index (κ1) is 18.1. The molecule has 30 heavy (non-hydrogen) atoms. The molecule has 0 amide bonds. The number of hydrogen-bond donors (Lipinski definition) is 2. The summed E-state index contributed by atoms with van der Waals surface area (Å²) in [6.07, 6.45) is 10.4. The maximum absolute atomic E-state index is 10.4. The molecule has 0 radical (unpaired) electrons. The van der Waals surface area contributed by atoms with Crippen LogP contribution in [-0.2, 0) is 6.42 Å². The van der Waals surface area contributed by atoms with Gasteiger partial charge in [-0.25, -0.2) is 0 Å². The van der Waals surface area contributed by atoms with Crippen LogP contribution >= 0.6 is 0 Å². The van der Waals surface area contributed by atoms with E-state index in [0.29, 0.717) is 0 Å². The van der Waals surface area contributed by atoms with E-state index in [1.165, 1.54) is 5.56 Å². The molecule has 0 saturated heterocycles. The van der Waals surface area contributed by atoms with E-state index in [9.17, 15) is 5.11 Å². The van der Waals surface area contributed by atoms with E-state index in [1.807, 2.05) is 54.6 Å². The van der Waals surface area contributed by atoms with Gasteiger partial charge in [0.05, 0.1) is 11.4 Å². The molecule has 4 aromatic rings. The van der Waals surface area contributed by atoms with E-state index in [2.05, 4.69) is 39.3 Å². The molecular formula is C25H20N4O. The average Bonchev–Trinajstić information content (AvgIpc) is 3.32. The molecule has 0 unspecified atom stereocenters. The molecule has 0 aliphatic carbocycles. The fourth-order valence-electron chi connectivity index (χ4n) is 3.65. The predicted octanol–water partition coefficient (Wildman–Crippen LogP) is 4.58. The van der Waals surface area contributed by atoms with Gasteiger partial charge in [0.2, 0.25) is 0 Å². The average molecular weight is 392 g/mol. The Balaban J connectivity index is 1.56. The van der Waals surface area contributed by atoms with Gasteiger partial charge in [-0.05, 0) is 65.3 Å². The molecule has 0 atom stereocenters. The van der Waals surface area contributed by atoms with Gasteiger partial charge in [0.1, 0.15) is 0 Å². The van der Waals surface area contributed by atoms with Crippen molar-refractivity contribution in [1.29, 1.82) is 0 Å². The zero-order chi connectivity index (χ0) is 20.5. The number of H-pyrrole nitrogens is 1. The van der Waals surface area contributed by atoms with Crippen LogP contribution in [0.5, 0.6) is 5.88 Å². The SMILES string of the molecule is CCc1ccc2[nH]c(O)c(C=c3ccc4c(c3)N=NC=4C=Cc3cccnc3)c2c1. The highest BCUT2D eigenvalue weighted by Gasteiger charge is 2.10. The number of aryl methyl sites for hydroxylation is 1. The maximum Gasteiger partial charge on any atom is 0.196 e. The number of pyridine rings is 1. The Morgan fingerprint density at radius 2 is 1.97 bits per heavy atom. The molecule has 1 aliphatic rings. The highest BCUT2D eigenvalue weighted by Crippen LogP contribution is 2.29. The molecule has 2 aromatic carbocycles. The van der Waals surface area contributed by atoms with Crippen molar-refractivity contribution < 1.29 is 5.11 Å². The first-order valence-electron chi connectivity index (χ1n) is 9.91. The zero-order valence-electron chi connectivity index (χ0n) is 16.5. The minimum Gasteiger partial charge on any atom is -0.494 e. The predicted molar refractivity (Wildman–Crippen MR) is 120 cm³/mol. The Bertz CT molecular complexity index is 1430. The van der Waals surface area contributed by atoms with Gasteiger partial charge in [-0.2, -0.15) is 0 Å². The van der Waals surface area contributed by atoms with Gasteiger partial charge in [0.15, 0.2) is 5.88 Å². The van der Waals surface area contributed by atoms with Crippen molar-refractivity contribution in [1.82, 2.24) is 9.97 Å². The van der Waals surface area contributed by atoms with Gasteiger partial charge in [-0.1, -0.05) is 31.2 Å². The second-order valence-corrected chi connectivity index (χ2v) is 7.25. The normalized spacial score (nSPS) is 13.6. The number of aromatic hydroxyl groups is 1. The summed E-state index contributed by atoms with van der Waals surface area (Å²) in [6.45, 7) is 2.12. The number of aromatic nitrogens is 2. The number of hydrogen-bond acceptors (Lipinski definition) is 4. The van der Waals surface area contributed by atoms with Gasteiger partial charge in [-0.3, -0.25) is 4.98 Å². The lowest BCUT2D eigenvalue weighted by Crippen LogP contribution is -2.08. The summed E-state index contributed by atoms with van der Waals surface area (Å²) in [5, 5.41) is 22.0. The van der Waals surface area contributed by atoms with Gasteiger partial charge in [0.25, 0.3) is 0 Å². The van der Waals surface area contributed by atoms with E-state index in [0.717, 1.165) is 50.3 Å². The first-order valence-corrected chi connectivity index (χ1v) is 9.91. The molecule has 0 bridgehead atoms. The van der Waals surface area contributed by atoms with Crippen LogP contribution < -0.4 is 10.4 Å². The van der Waals surface area contributed by atoms with Gasteiger partial charge < -0.3 is 10.1 Å². The zero-order valence-corrected chi connectivity index (χ0v) is 16.5. The molecule has 5 rings (SSSR count). The van der Waals surface area contributed by atoms with Crippen molar-refractivity contribution >= 4 is 34.4 Å². The van der Waals surface area contributed by atoms with Crippen molar-refractivity contribution in [3.05, 3.63) is 94.1 Å². The Labute approximate surface area is 173 Å². The van der Waals surface area contributed by atoms with Crippen LogP contribution in [0.2, 0.25) is 0 Å². The first-order chi connectivity index (χ1) is 14.7. The van der Waals surface area contributed by atoms with Gasteiger partial charge in [0, 0.05) is 34.1 Å². The summed E-state index contributed by atoms with van der Waals surface area (Å²) in [4.78, 5) is 7.17. The minimum atomic E-state index is 0.173. The van der Waals surface area contributed by atoms with Crippen molar-refractivity contribution in [2.45, 2.75) is 13.3 Å². The fourth-order valence-corrected chi connectivity index (χ4v) is 3.65. The van der Waals surface area contributed by atoms with Gasteiger partial charge in [-0.15, -0.1) is 10.2 Å². The summed E-state index contributed by atoms with van der Waals surface area (Å²) >= 11 is 0. The lowest BCUT2D eigenvalue weighted by atomic mass is 10.1. The van der Waals surface area contributed by atoms with Crippen LogP contribution in [-0.4, -0.2) is 15.1 Å². The van der Waals surface area contributed by atoms with Crippen LogP contribution in [0, 0.1) is 0 Å². The van der Waals surface area contributed by atoms with Crippen LogP contribution in [0.15, 0.2) is 77.2 Å². The Morgan fingerprint density at radius 1 is 1.03 bits per heavy atom. The van der Waals surface area contributed by atoms with E-state index < -0.39 is 0 Å². The minimum absolute atomic E-state index is 0.173. The van der Waals surface area contributed by atoms with Crippen molar-refractivity contribution in [3.8, 4) is 5.88 Å². The maximum atomic E-state index is 10.4. The largest absolute Gasteiger partial charge is 0.494 e. The Hall–Kier alpha value is -3.99. The number of nitrogens with zero attached hydrogens (tertiary/aromatic N) is 3. The third kappa shape index (κ3) is 3.31. The highest BCUT2D eigenvalue weighted by molar-refractivity contribution is 5.92. The number of fused-ring (bicyclic) bond motifs is 2. The molecule has 5 heteroatoms. The highest BCUT2D eigenvalue weighted by atomic mass is 16.3. The summed E-state index contributed by atoms with van der Waals surface area (Å²) in [7, 11) is 0. The molecule has 2 N–H and O–H groups in total. The molecule has 0 fully saturated rings. The lowest BCUT2D eigenvalue weighted by molar-refractivity contribution is 0.457. The summed E-state index contributed by atoms with van der Waals surface area (Å²) in [6, 6.07) is 16.1. The Morgan fingerprint density at radius 3 is 2.80 bits per heavy atom. The molecule has 146 valence electrons. The molecule has 0 saturated carbocycles. The second kappa shape index (κ2) is 7.44. The van der Waals surface area contributed by atoms with E-state index in [1.54, 1.807) is 12.4 Å². The standard InChI is InChI=1S/C25H20N4O/c1-2-16-6-9-22-20(12-16)21(25(30)27-22)13-18-5-8-19-23(28-29-24(19)14-18)10-7-17-4-3-11-26-15-17/h3-15,27,30H,2H2,1H3. The van der Waals surface area contributed by atoms with Gasteiger partial charge >= 0.3 is 0 Å². The van der Waals surface area contributed by atoms with Crippen molar-refractivity contribution in [2.75, 3.05) is 0 Å². The third-order valence-corrected chi connectivity index (χ3v) is 5.28. The second-order valence-electron chi connectivity index (χ2n) is 7.25. The van der Waals surface area contributed by atoms with Crippen LogP contribution in [0.3, 0.4) is 0 Å². The van der Waals surface area contributed by atoms with E-state index >= 15 is 0 Å². The van der Waals surface area contributed by atoms with Crippen LogP contribution in [0.25, 0.3) is 28.8 Å². The number of nitrogens with one attached hydrogen (secondary N) is 1. The van der Waals surface area contributed by atoms with Crippen LogP contribution in [0.4, 0.5) is 5.69 Å². The molecule has 2 aromatic heterocycles. The van der Waals surface area contributed by atoms with E-state index in [4.69, 9.17) is 0 Å².